The average Bonchev–Trinajstić information content (AvgIpc) is 3.10. The van der Waals surface area contributed by atoms with Crippen LogP contribution in [0.3, 0.4) is 0 Å². The number of ether oxygens (including phenoxy) is 2. The number of amides is 2. The molecule has 4 N–H and O–H groups in total. The first-order valence-corrected chi connectivity index (χ1v) is 11.1. The van der Waals surface area contributed by atoms with Gasteiger partial charge in [0.25, 0.3) is 0 Å². The number of nitrogens with zero attached hydrogens (tertiary/aromatic N) is 4. The van der Waals surface area contributed by atoms with Gasteiger partial charge in [0, 0.05) is 24.7 Å². The summed E-state index contributed by atoms with van der Waals surface area (Å²) < 4.78 is 12.9. The highest BCUT2D eigenvalue weighted by atomic mass is 35.5. The number of rotatable bonds is 9. The number of carbonyl (C=O) groups is 1. The number of hydrazine groups is 2. The molecule has 0 spiro atoms. The lowest BCUT2D eigenvalue weighted by Gasteiger charge is -2.24. The van der Waals surface area contributed by atoms with Crippen LogP contribution in [0.4, 0.5) is 10.5 Å². The van der Waals surface area contributed by atoms with E-state index in [1.165, 1.54) is 14.2 Å². The van der Waals surface area contributed by atoms with Gasteiger partial charge in [0.2, 0.25) is 5.88 Å². The number of methoxy groups -OCH3 is 1. The highest BCUT2D eigenvalue weighted by Crippen LogP contribution is 2.32. The van der Waals surface area contributed by atoms with Crippen LogP contribution in [0.2, 0.25) is 10.0 Å². The van der Waals surface area contributed by atoms with Gasteiger partial charge < -0.3 is 9.47 Å². The summed E-state index contributed by atoms with van der Waals surface area (Å²) >= 11 is 12.8. The van der Waals surface area contributed by atoms with Crippen LogP contribution < -0.4 is 21.4 Å². The Bertz CT molecular complexity index is 1120. The molecule has 0 fully saturated rings. The summed E-state index contributed by atoms with van der Waals surface area (Å²) in [5.41, 5.74) is 2.99. The lowest BCUT2D eigenvalue weighted by molar-refractivity contribution is 0.206. The Kier molecular flexibility index (Phi) is 9.57. The quantitative estimate of drug-likeness (QED) is 0.165. The molecule has 0 aliphatic carbocycles. The van der Waals surface area contributed by atoms with E-state index >= 15 is 0 Å². The maximum Gasteiger partial charge on any atom is 0.352 e. The van der Waals surface area contributed by atoms with Crippen molar-refractivity contribution in [1.82, 2.24) is 14.8 Å². The zero-order chi connectivity index (χ0) is 25.6. The first kappa shape index (κ1) is 27.3. The van der Waals surface area contributed by atoms with Crippen molar-refractivity contribution in [2.24, 2.45) is 18.7 Å². The summed E-state index contributed by atoms with van der Waals surface area (Å²) in [6, 6.07) is 4.44. The molecule has 0 aliphatic heterocycles. The third kappa shape index (κ3) is 6.12. The number of halogens is 2. The van der Waals surface area contributed by atoms with Gasteiger partial charge in [-0.05, 0) is 48.8 Å². The van der Waals surface area contributed by atoms with Crippen molar-refractivity contribution in [3.05, 3.63) is 69.6 Å². The second-order valence-corrected chi connectivity index (χ2v) is 8.23. The predicted octanol–water partition coefficient (Wildman–Crippen LogP) is 4.81. The molecule has 0 unspecified atom stereocenters. The summed E-state index contributed by atoms with van der Waals surface area (Å²) in [7, 11) is 4.65. The Morgan fingerprint density at radius 3 is 2.53 bits per heavy atom. The average molecular weight is 509 g/mol. The second kappa shape index (κ2) is 11.9. The first-order chi connectivity index (χ1) is 16.0. The number of nitrogens with two attached hydrogens (primary N) is 2. The topological polar surface area (TPSA) is 112 Å². The van der Waals surface area contributed by atoms with Crippen LogP contribution in [0.15, 0.2) is 48.3 Å². The summed E-state index contributed by atoms with van der Waals surface area (Å²) in [5, 5.41) is 6.93. The van der Waals surface area contributed by atoms with E-state index in [4.69, 9.17) is 44.4 Å². The first-order valence-electron chi connectivity index (χ1n) is 10.3. The molecule has 2 aromatic rings. The smallest absolute Gasteiger partial charge is 0.352 e. The molecule has 1 aromatic carbocycles. The number of aryl methyl sites for hydroxylation is 1. The number of hydrogen-bond acceptors (Lipinski definition) is 6. The predicted molar refractivity (Wildman–Crippen MR) is 136 cm³/mol. The zero-order valence-corrected chi connectivity index (χ0v) is 21.4. The number of hydrogen-bond donors (Lipinski definition) is 2. The van der Waals surface area contributed by atoms with E-state index in [2.05, 4.69) is 11.7 Å². The Morgan fingerprint density at radius 2 is 1.97 bits per heavy atom. The zero-order valence-electron chi connectivity index (χ0n) is 19.9. The Labute approximate surface area is 209 Å². The van der Waals surface area contributed by atoms with E-state index in [0.29, 0.717) is 44.2 Å². The molecule has 2 amide bonds. The highest BCUT2D eigenvalue weighted by Gasteiger charge is 2.20. The third-order valence-corrected chi connectivity index (χ3v) is 5.75. The van der Waals surface area contributed by atoms with Crippen LogP contribution >= 0.6 is 23.2 Å². The van der Waals surface area contributed by atoms with E-state index in [0.717, 1.165) is 22.0 Å². The van der Waals surface area contributed by atoms with Gasteiger partial charge in [0.1, 0.15) is 23.1 Å². The standard InChI is InChI=1S/C23H30Cl2N6O3/c1-7-14(2)19(12-11-15(3)21-20(25)22(33-6)30(5)28-21)34-13-16-17(24)9-8-10-18(16)31(27)23(32)29(4)26/h8-12H,3,7,13,26-27H2,1-2,4-6H3/b12-11-,19-14+. The fraction of sp³-hybridized carbons (Fsp3) is 0.304. The summed E-state index contributed by atoms with van der Waals surface area (Å²) in [4.78, 5) is 12.2. The lowest BCUT2D eigenvalue weighted by Crippen LogP contribution is -2.49. The summed E-state index contributed by atoms with van der Waals surface area (Å²) in [6.07, 6.45) is 4.30. The van der Waals surface area contributed by atoms with Crippen LogP contribution in [0.25, 0.3) is 5.57 Å². The largest absolute Gasteiger partial charge is 0.489 e. The van der Waals surface area contributed by atoms with E-state index in [-0.39, 0.29) is 6.61 Å². The van der Waals surface area contributed by atoms with Gasteiger partial charge in [-0.25, -0.2) is 26.2 Å². The third-order valence-electron chi connectivity index (χ3n) is 5.06. The molecule has 184 valence electrons. The van der Waals surface area contributed by atoms with Gasteiger partial charge in [-0.3, -0.25) is 5.01 Å². The molecule has 0 atom stereocenters. The van der Waals surface area contributed by atoms with E-state index in [1.807, 2.05) is 13.8 Å². The van der Waals surface area contributed by atoms with Gasteiger partial charge in [-0.15, -0.1) is 0 Å². The van der Waals surface area contributed by atoms with E-state index in [1.54, 1.807) is 42.1 Å². The minimum absolute atomic E-state index is 0.0614. The molecule has 0 saturated heterocycles. The van der Waals surface area contributed by atoms with Gasteiger partial charge in [-0.2, -0.15) is 5.10 Å². The Morgan fingerprint density at radius 1 is 1.29 bits per heavy atom. The molecule has 1 heterocycles. The molecule has 34 heavy (non-hydrogen) atoms. The summed E-state index contributed by atoms with van der Waals surface area (Å²) in [6.45, 7) is 8.09. The maximum absolute atomic E-state index is 12.2. The van der Waals surface area contributed by atoms with Crippen molar-refractivity contribution in [1.29, 1.82) is 0 Å². The SMILES string of the molecule is C=C(/C=C\C(OCc1c(Cl)cccc1N(N)C(=O)N(C)N)=C(\C)CC)c1nn(C)c(OC)c1Cl. The molecule has 1 aromatic heterocycles. The molecule has 0 aliphatic rings. The normalized spacial score (nSPS) is 11.9. The van der Waals surface area contributed by atoms with Gasteiger partial charge in [-0.1, -0.05) is 42.8 Å². The van der Waals surface area contributed by atoms with E-state index < -0.39 is 6.03 Å². The van der Waals surface area contributed by atoms with Crippen molar-refractivity contribution in [2.45, 2.75) is 26.9 Å². The van der Waals surface area contributed by atoms with Gasteiger partial charge >= 0.3 is 6.03 Å². The molecule has 2 rings (SSSR count). The fourth-order valence-electron chi connectivity index (χ4n) is 2.99. The van der Waals surface area contributed by atoms with Crippen molar-refractivity contribution in [2.75, 3.05) is 19.2 Å². The van der Waals surface area contributed by atoms with Gasteiger partial charge in [0.15, 0.2) is 0 Å². The van der Waals surface area contributed by atoms with Crippen molar-refractivity contribution < 1.29 is 14.3 Å². The van der Waals surface area contributed by atoms with Crippen molar-refractivity contribution in [3.8, 4) is 5.88 Å². The minimum Gasteiger partial charge on any atom is -0.489 e. The highest BCUT2D eigenvalue weighted by molar-refractivity contribution is 6.33. The molecule has 0 radical (unpaired) electrons. The number of urea groups is 1. The van der Waals surface area contributed by atoms with Crippen LogP contribution in [0.5, 0.6) is 5.88 Å². The fourth-order valence-corrected chi connectivity index (χ4v) is 3.57. The molecule has 11 heteroatoms. The Balaban J connectivity index is 2.31. The monoisotopic (exact) mass is 508 g/mol. The Hall–Kier alpha value is -2.98. The lowest BCUT2D eigenvalue weighted by atomic mass is 10.1. The second-order valence-electron chi connectivity index (χ2n) is 7.44. The number of carbonyl (C=O) groups excluding carboxylic acids is 1. The number of anilines is 1. The summed E-state index contributed by atoms with van der Waals surface area (Å²) in [5.74, 6) is 12.6. The van der Waals surface area contributed by atoms with Crippen LogP contribution in [-0.2, 0) is 18.4 Å². The van der Waals surface area contributed by atoms with Crippen molar-refractivity contribution in [3.63, 3.8) is 0 Å². The maximum atomic E-state index is 12.2. The number of benzene rings is 1. The van der Waals surface area contributed by atoms with Gasteiger partial charge in [0.05, 0.1) is 12.8 Å². The van der Waals surface area contributed by atoms with Crippen LogP contribution in [-0.4, -0.2) is 35.0 Å². The van der Waals surface area contributed by atoms with Crippen LogP contribution in [0, 0.1) is 0 Å². The van der Waals surface area contributed by atoms with E-state index in [9.17, 15) is 4.79 Å². The van der Waals surface area contributed by atoms with Crippen LogP contribution in [0.1, 0.15) is 31.5 Å². The minimum atomic E-state index is -0.608. The number of allylic oxidation sites excluding steroid dienone is 4. The molecule has 9 nitrogen and oxygen atoms in total. The molecule has 0 saturated carbocycles. The van der Waals surface area contributed by atoms with Crippen molar-refractivity contribution >= 4 is 40.5 Å². The molecular weight excluding hydrogens is 479 g/mol. The molecule has 0 bridgehead atoms. The molecular formula is C23H30Cl2N6O3. The number of aromatic nitrogens is 2.